The highest BCUT2D eigenvalue weighted by Gasteiger charge is 2.20. The molecule has 3 aromatic rings. The van der Waals surface area contributed by atoms with E-state index < -0.39 is 34.8 Å². The van der Waals surface area contributed by atoms with Crippen LogP contribution in [0, 0.1) is 11.6 Å². The second-order valence-corrected chi connectivity index (χ2v) is 8.97. The number of rotatable bonds is 14. The van der Waals surface area contributed by atoms with Gasteiger partial charge in [-0.05, 0) is 48.9 Å². The molecule has 40 heavy (non-hydrogen) atoms. The number of thiocarbonyl (C=S) groups is 1. The lowest BCUT2D eigenvalue weighted by atomic mass is 10.2. The summed E-state index contributed by atoms with van der Waals surface area (Å²) in [5, 5.41) is 8.04. The number of nitrogens with one attached hydrogen (secondary N) is 3. The summed E-state index contributed by atoms with van der Waals surface area (Å²) in [5.74, 6) is -1.99. The molecule has 0 saturated carbocycles. The van der Waals surface area contributed by atoms with Crippen LogP contribution < -0.4 is 26.3 Å². The molecule has 3 N–H and O–H groups in total. The second kappa shape index (κ2) is 14.9. The van der Waals surface area contributed by atoms with Crippen molar-refractivity contribution in [2.75, 3.05) is 35.2 Å². The molecule has 3 rings (SSSR count). The molecule has 0 aromatic heterocycles. The number of alkyl halides is 2. The first-order valence-electron chi connectivity index (χ1n) is 12.3. The Morgan fingerprint density at radius 2 is 1.73 bits per heavy atom. The maximum absolute atomic E-state index is 15.0. The maximum Gasteiger partial charge on any atom is 0.288 e. The van der Waals surface area contributed by atoms with Gasteiger partial charge in [0.25, 0.3) is 6.43 Å². The predicted molar refractivity (Wildman–Crippen MR) is 152 cm³/mol. The van der Waals surface area contributed by atoms with Gasteiger partial charge in [-0.2, -0.15) is 0 Å². The summed E-state index contributed by atoms with van der Waals surface area (Å²) < 4.78 is 60.9. The minimum atomic E-state index is -2.85. The molecule has 0 aliphatic carbocycles. The van der Waals surface area contributed by atoms with Crippen molar-refractivity contribution in [2.24, 2.45) is 0 Å². The molecule has 0 spiro atoms. The Kier molecular flexibility index (Phi) is 11.4. The molecule has 0 aliphatic heterocycles. The van der Waals surface area contributed by atoms with Crippen LogP contribution in [-0.2, 0) is 16.1 Å². The fraction of sp³-hybridized carbons (Fsp3) is 0.250. The molecule has 1 atom stereocenters. The summed E-state index contributed by atoms with van der Waals surface area (Å²) in [5.41, 5.74) is 0.625. The smallest absolute Gasteiger partial charge is 0.288 e. The van der Waals surface area contributed by atoms with E-state index in [2.05, 4.69) is 28.2 Å². The van der Waals surface area contributed by atoms with Gasteiger partial charge in [-0.25, -0.2) is 17.6 Å². The van der Waals surface area contributed by atoms with Crippen molar-refractivity contribution >= 4 is 46.4 Å². The van der Waals surface area contributed by atoms with Crippen molar-refractivity contribution < 1.29 is 27.1 Å². The van der Waals surface area contributed by atoms with E-state index in [1.54, 1.807) is 6.92 Å². The first kappa shape index (κ1) is 30.5. The van der Waals surface area contributed by atoms with Crippen molar-refractivity contribution in [3.05, 3.63) is 94.2 Å². The zero-order valence-corrected chi connectivity index (χ0v) is 22.3. The van der Waals surface area contributed by atoms with Crippen LogP contribution >= 0.6 is 12.2 Å². The molecule has 0 saturated heterocycles. The summed E-state index contributed by atoms with van der Waals surface area (Å²) >= 11 is 4.55. The molecular formula is C28H28F4N4O3S. The lowest BCUT2D eigenvalue weighted by molar-refractivity contribution is -0.107. The minimum absolute atomic E-state index is 0.107. The van der Waals surface area contributed by atoms with Crippen LogP contribution in [-0.4, -0.2) is 43.6 Å². The van der Waals surface area contributed by atoms with E-state index in [0.29, 0.717) is 18.6 Å². The molecule has 212 valence electrons. The average Bonchev–Trinajstić information content (AvgIpc) is 3.11. The number of halogens is 4. The van der Waals surface area contributed by atoms with Crippen LogP contribution in [0.15, 0.2) is 71.5 Å². The number of carbonyl (C=O) groups is 1. The van der Waals surface area contributed by atoms with Gasteiger partial charge in [-0.15, -0.1) is 0 Å². The number of anilines is 4. The number of carbonyl (C=O) groups excluding carboxylic acids is 1. The standard InChI is InChI=1S/C28H28F4N4O3S/c1-2-39-21(15-34-28(40)27(31)32)16-36(17-37)20-12-22(29)26(23(30)13-20)35-19-8-10-24(25(38)11-9-19)33-14-18-6-4-3-5-7-18/h3-13,17,21,27,35H,2,14-16H2,1H3,(H,33,38)(H,34,40)/t21-/m0/s1. The summed E-state index contributed by atoms with van der Waals surface area (Å²) in [6, 6.07) is 17.0. The summed E-state index contributed by atoms with van der Waals surface area (Å²) in [6.45, 7) is 1.97. The van der Waals surface area contributed by atoms with Gasteiger partial charge >= 0.3 is 0 Å². The highest BCUT2D eigenvalue weighted by Crippen LogP contribution is 2.28. The van der Waals surface area contributed by atoms with E-state index in [1.807, 2.05) is 30.3 Å². The molecule has 0 radical (unpaired) electrons. The number of nitrogens with zero attached hydrogens (tertiary/aromatic N) is 1. The molecule has 0 unspecified atom stereocenters. The summed E-state index contributed by atoms with van der Waals surface area (Å²) in [6.07, 6.45) is -3.28. The third-order valence-corrected chi connectivity index (χ3v) is 6.02. The van der Waals surface area contributed by atoms with Crippen LogP contribution in [0.2, 0.25) is 0 Å². The number of amides is 1. The van der Waals surface area contributed by atoms with E-state index in [-0.39, 0.29) is 36.5 Å². The van der Waals surface area contributed by atoms with E-state index in [0.717, 1.165) is 22.6 Å². The largest absolute Gasteiger partial charge is 0.378 e. The normalized spacial score (nSPS) is 11.6. The Hall–Kier alpha value is -4.03. The Labute approximate surface area is 234 Å². The first-order valence-corrected chi connectivity index (χ1v) is 12.7. The molecule has 0 heterocycles. The lowest BCUT2D eigenvalue weighted by Gasteiger charge is -2.25. The van der Waals surface area contributed by atoms with Crippen LogP contribution in [0.1, 0.15) is 12.5 Å². The first-order chi connectivity index (χ1) is 19.2. The molecule has 0 bridgehead atoms. The van der Waals surface area contributed by atoms with Gasteiger partial charge in [0, 0.05) is 31.1 Å². The molecule has 0 fully saturated rings. The molecule has 7 nitrogen and oxygen atoms in total. The third kappa shape index (κ3) is 8.75. The van der Waals surface area contributed by atoms with Crippen molar-refractivity contribution in [1.29, 1.82) is 0 Å². The van der Waals surface area contributed by atoms with E-state index in [9.17, 15) is 18.4 Å². The lowest BCUT2D eigenvalue weighted by Crippen LogP contribution is -2.42. The van der Waals surface area contributed by atoms with E-state index in [4.69, 9.17) is 4.74 Å². The quantitative estimate of drug-likeness (QED) is 0.138. The van der Waals surface area contributed by atoms with Gasteiger partial charge in [0.15, 0.2) is 11.6 Å². The molecule has 0 aliphatic rings. The highest BCUT2D eigenvalue weighted by atomic mass is 32.1. The van der Waals surface area contributed by atoms with Crippen molar-refractivity contribution in [3.63, 3.8) is 0 Å². The Morgan fingerprint density at radius 1 is 1.05 bits per heavy atom. The van der Waals surface area contributed by atoms with Crippen molar-refractivity contribution in [1.82, 2.24) is 5.32 Å². The number of hydrogen-bond donors (Lipinski definition) is 3. The van der Waals surface area contributed by atoms with Crippen LogP contribution in [0.25, 0.3) is 0 Å². The fourth-order valence-corrected chi connectivity index (χ4v) is 3.79. The SMILES string of the molecule is CCO[C@@H](CNC(=S)C(F)F)CN(C=O)c1cc(F)c(Nc2ccc(NCc3ccccc3)c(=O)cc2)c(F)c1. The zero-order valence-electron chi connectivity index (χ0n) is 21.5. The summed E-state index contributed by atoms with van der Waals surface area (Å²) in [4.78, 5) is 24.5. The predicted octanol–water partition coefficient (Wildman–Crippen LogP) is 5.23. The average molecular weight is 577 g/mol. The van der Waals surface area contributed by atoms with Gasteiger partial charge in [-0.3, -0.25) is 9.59 Å². The topological polar surface area (TPSA) is 82.7 Å². The molecular weight excluding hydrogens is 548 g/mol. The minimum Gasteiger partial charge on any atom is -0.378 e. The second-order valence-electron chi connectivity index (χ2n) is 8.53. The Bertz CT molecular complexity index is 1340. The zero-order chi connectivity index (χ0) is 29.1. The monoisotopic (exact) mass is 576 g/mol. The van der Waals surface area contributed by atoms with Crippen LogP contribution in [0.4, 0.5) is 40.3 Å². The van der Waals surface area contributed by atoms with Gasteiger partial charge in [-0.1, -0.05) is 42.5 Å². The van der Waals surface area contributed by atoms with Gasteiger partial charge in [0.1, 0.15) is 10.7 Å². The van der Waals surface area contributed by atoms with Crippen LogP contribution in [0.5, 0.6) is 0 Å². The molecule has 1 amide bonds. The van der Waals surface area contributed by atoms with E-state index in [1.165, 1.54) is 24.3 Å². The summed E-state index contributed by atoms with van der Waals surface area (Å²) in [7, 11) is 0. The molecule has 3 aromatic carbocycles. The fourth-order valence-electron chi connectivity index (χ4n) is 3.71. The number of ether oxygens (including phenoxy) is 1. The maximum atomic E-state index is 15.0. The highest BCUT2D eigenvalue weighted by molar-refractivity contribution is 7.80. The van der Waals surface area contributed by atoms with Crippen molar-refractivity contribution in [3.8, 4) is 0 Å². The van der Waals surface area contributed by atoms with E-state index >= 15 is 8.78 Å². The van der Waals surface area contributed by atoms with Gasteiger partial charge in [0.2, 0.25) is 11.8 Å². The van der Waals surface area contributed by atoms with Crippen LogP contribution in [0.3, 0.4) is 0 Å². The Morgan fingerprint density at radius 3 is 2.35 bits per heavy atom. The number of benzene rings is 2. The van der Waals surface area contributed by atoms with Crippen molar-refractivity contribution in [2.45, 2.75) is 26.0 Å². The van der Waals surface area contributed by atoms with Gasteiger partial charge in [0.05, 0.1) is 18.3 Å². The molecule has 12 heteroatoms. The van der Waals surface area contributed by atoms with Gasteiger partial charge < -0.3 is 25.6 Å². The third-order valence-electron chi connectivity index (χ3n) is 5.70. The Balaban J connectivity index is 1.74. The number of hydrogen-bond acceptors (Lipinski definition) is 6.